The second kappa shape index (κ2) is 4.92. The van der Waals surface area contributed by atoms with E-state index >= 15 is 0 Å². The largest absolute Gasteiger partial charge is 0.339 e. The summed E-state index contributed by atoms with van der Waals surface area (Å²) in [6.07, 6.45) is 2.29. The minimum absolute atomic E-state index is 0.0291. The number of piperazine rings is 1. The lowest BCUT2D eigenvalue weighted by atomic mass is 9.97. The maximum atomic E-state index is 12.1. The molecule has 104 valence electrons. The highest BCUT2D eigenvalue weighted by atomic mass is 16.2. The number of nitrogens with zero attached hydrogens (tertiary/aromatic N) is 2. The lowest BCUT2D eigenvalue weighted by Gasteiger charge is -2.33. The zero-order valence-corrected chi connectivity index (χ0v) is 10.9. The van der Waals surface area contributed by atoms with Crippen molar-refractivity contribution >= 4 is 17.7 Å². The lowest BCUT2D eigenvalue weighted by molar-refractivity contribution is -0.156. The molecule has 0 spiro atoms. The summed E-state index contributed by atoms with van der Waals surface area (Å²) in [5, 5.41) is 3.17. The first-order chi connectivity index (χ1) is 9.16. The topological polar surface area (TPSA) is 69.7 Å². The Balaban J connectivity index is 1.66. The Morgan fingerprint density at radius 2 is 1.68 bits per heavy atom. The molecule has 1 saturated carbocycles. The smallest absolute Gasteiger partial charge is 0.242 e. The fourth-order valence-electron chi connectivity index (χ4n) is 3.28. The average Bonchev–Trinajstić information content (AvgIpc) is 2.89. The normalized spacial score (nSPS) is 30.9. The van der Waals surface area contributed by atoms with Crippen LogP contribution in [0.1, 0.15) is 19.3 Å². The number of nitrogens with one attached hydrogen (secondary N) is 1. The summed E-state index contributed by atoms with van der Waals surface area (Å²) >= 11 is 0. The van der Waals surface area contributed by atoms with Gasteiger partial charge < -0.3 is 10.2 Å². The Hall–Kier alpha value is -1.43. The highest BCUT2D eigenvalue weighted by molar-refractivity contribution is 6.03. The molecule has 3 amide bonds. The molecule has 2 bridgehead atoms. The van der Waals surface area contributed by atoms with Crippen LogP contribution in [0.15, 0.2) is 0 Å². The maximum Gasteiger partial charge on any atom is 0.242 e. The molecule has 1 N–H and O–H groups in total. The Labute approximate surface area is 112 Å². The van der Waals surface area contributed by atoms with Crippen LogP contribution in [-0.4, -0.2) is 60.2 Å². The van der Waals surface area contributed by atoms with Crippen molar-refractivity contribution in [3.05, 3.63) is 0 Å². The first-order valence-electron chi connectivity index (χ1n) is 7.00. The number of imide groups is 1. The molecule has 0 aromatic rings. The van der Waals surface area contributed by atoms with Crippen LogP contribution in [-0.2, 0) is 14.4 Å². The van der Waals surface area contributed by atoms with Gasteiger partial charge in [-0.2, -0.15) is 0 Å². The van der Waals surface area contributed by atoms with Gasteiger partial charge in [0.15, 0.2) is 0 Å². The van der Waals surface area contributed by atoms with Gasteiger partial charge in [0, 0.05) is 38.0 Å². The second-order valence-electron chi connectivity index (χ2n) is 5.60. The molecule has 2 aliphatic heterocycles. The molecule has 2 heterocycles. The van der Waals surface area contributed by atoms with Gasteiger partial charge in [0.25, 0.3) is 0 Å². The summed E-state index contributed by atoms with van der Waals surface area (Å²) in [7, 11) is 0. The Kier molecular flexibility index (Phi) is 3.26. The van der Waals surface area contributed by atoms with Crippen molar-refractivity contribution in [1.29, 1.82) is 0 Å². The van der Waals surface area contributed by atoms with Gasteiger partial charge in [-0.3, -0.25) is 19.3 Å². The third-order valence-electron chi connectivity index (χ3n) is 4.43. The van der Waals surface area contributed by atoms with E-state index in [1.165, 1.54) is 4.90 Å². The summed E-state index contributed by atoms with van der Waals surface area (Å²) in [5.74, 6) is -0.439. The number of amides is 3. The fraction of sp³-hybridized carbons (Fsp3) is 0.769. The van der Waals surface area contributed by atoms with E-state index in [1.54, 1.807) is 4.90 Å². The van der Waals surface area contributed by atoms with E-state index in [0.717, 1.165) is 25.9 Å². The van der Waals surface area contributed by atoms with Crippen molar-refractivity contribution in [3.8, 4) is 0 Å². The van der Waals surface area contributed by atoms with Crippen molar-refractivity contribution in [2.45, 2.75) is 19.3 Å². The molecule has 19 heavy (non-hydrogen) atoms. The third-order valence-corrected chi connectivity index (χ3v) is 4.43. The first-order valence-corrected chi connectivity index (χ1v) is 7.00. The lowest BCUT2D eigenvalue weighted by Crippen LogP contribution is -2.54. The predicted octanol–water partition coefficient (Wildman–Crippen LogP) is -0.797. The van der Waals surface area contributed by atoms with Crippen LogP contribution in [0.3, 0.4) is 0 Å². The quantitative estimate of drug-likeness (QED) is 0.664. The molecule has 3 fully saturated rings. The van der Waals surface area contributed by atoms with Crippen molar-refractivity contribution < 1.29 is 14.4 Å². The van der Waals surface area contributed by atoms with Crippen LogP contribution in [0.25, 0.3) is 0 Å². The number of rotatable bonds is 2. The van der Waals surface area contributed by atoms with E-state index in [-0.39, 0.29) is 36.1 Å². The molecular formula is C13H19N3O3. The second-order valence-corrected chi connectivity index (χ2v) is 5.60. The van der Waals surface area contributed by atoms with Crippen LogP contribution >= 0.6 is 0 Å². The van der Waals surface area contributed by atoms with Crippen LogP contribution in [0, 0.1) is 11.8 Å². The zero-order chi connectivity index (χ0) is 13.4. The number of carbonyl (C=O) groups excluding carboxylic acids is 3. The highest BCUT2D eigenvalue weighted by Gasteiger charge is 2.45. The van der Waals surface area contributed by atoms with Crippen LogP contribution < -0.4 is 5.32 Å². The van der Waals surface area contributed by atoms with Gasteiger partial charge in [-0.1, -0.05) is 0 Å². The standard InChI is InChI=1S/C13H19N3O3/c17-11(15-5-3-14-4-6-15)8-16-12(18)9-1-2-10(7-9)13(16)19/h9-10,14H,1-8H2. The van der Waals surface area contributed by atoms with E-state index in [2.05, 4.69) is 5.32 Å². The van der Waals surface area contributed by atoms with Gasteiger partial charge in [-0.15, -0.1) is 0 Å². The molecule has 2 atom stereocenters. The van der Waals surface area contributed by atoms with Gasteiger partial charge >= 0.3 is 0 Å². The summed E-state index contributed by atoms with van der Waals surface area (Å²) in [6, 6.07) is 0. The molecular weight excluding hydrogens is 246 g/mol. The molecule has 2 unspecified atom stereocenters. The maximum absolute atomic E-state index is 12.1. The Bertz CT molecular complexity index is 395. The average molecular weight is 265 g/mol. The van der Waals surface area contributed by atoms with E-state index in [0.29, 0.717) is 19.5 Å². The fourth-order valence-corrected chi connectivity index (χ4v) is 3.28. The number of hydrogen-bond donors (Lipinski definition) is 1. The van der Waals surface area contributed by atoms with E-state index in [4.69, 9.17) is 0 Å². The number of piperidine rings is 1. The SMILES string of the molecule is O=C(CN1C(=O)C2CCC(C2)C1=O)N1CCNCC1. The monoisotopic (exact) mass is 265 g/mol. The van der Waals surface area contributed by atoms with Crippen LogP contribution in [0.2, 0.25) is 0 Å². The van der Waals surface area contributed by atoms with Gasteiger partial charge in [0.1, 0.15) is 6.54 Å². The predicted molar refractivity (Wildman–Crippen MR) is 67.0 cm³/mol. The molecule has 2 saturated heterocycles. The van der Waals surface area contributed by atoms with Crippen molar-refractivity contribution in [2.24, 2.45) is 11.8 Å². The van der Waals surface area contributed by atoms with Gasteiger partial charge in [0.05, 0.1) is 0 Å². The minimum Gasteiger partial charge on any atom is -0.339 e. The summed E-state index contributed by atoms with van der Waals surface area (Å²) in [4.78, 5) is 39.3. The molecule has 0 radical (unpaired) electrons. The third kappa shape index (κ3) is 2.25. The van der Waals surface area contributed by atoms with Gasteiger partial charge in [0.2, 0.25) is 17.7 Å². The minimum atomic E-state index is -0.137. The van der Waals surface area contributed by atoms with E-state index in [9.17, 15) is 14.4 Å². The number of fused-ring (bicyclic) bond motifs is 2. The zero-order valence-electron chi connectivity index (χ0n) is 10.9. The summed E-state index contributed by atoms with van der Waals surface area (Å²) < 4.78 is 0. The number of carbonyl (C=O) groups is 3. The number of hydrogen-bond acceptors (Lipinski definition) is 4. The van der Waals surface area contributed by atoms with E-state index in [1.807, 2.05) is 0 Å². The first kappa shape index (κ1) is 12.6. The molecule has 6 heteroatoms. The van der Waals surface area contributed by atoms with E-state index < -0.39 is 0 Å². The molecule has 0 aromatic heterocycles. The molecule has 1 aliphatic carbocycles. The molecule has 0 aromatic carbocycles. The van der Waals surface area contributed by atoms with Crippen LogP contribution in [0.5, 0.6) is 0 Å². The number of likely N-dealkylation sites (tertiary alicyclic amines) is 1. The van der Waals surface area contributed by atoms with Crippen molar-refractivity contribution in [3.63, 3.8) is 0 Å². The van der Waals surface area contributed by atoms with Gasteiger partial charge in [-0.25, -0.2) is 0 Å². The molecule has 3 aliphatic rings. The van der Waals surface area contributed by atoms with Gasteiger partial charge in [-0.05, 0) is 19.3 Å². The Morgan fingerprint density at radius 1 is 1.11 bits per heavy atom. The summed E-state index contributed by atoms with van der Waals surface area (Å²) in [6.45, 7) is 2.80. The van der Waals surface area contributed by atoms with Crippen molar-refractivity contribution in [2.75, 3.05) is 32.7 Å². The molecule has 3 rings (SSSR count). The van der Waals surface area contributed by atoms with Crippen molar-refractivity contribution in [1.82, 2.24) is 15.1 Å². The van der Waals surface area contributed by atoms with Crippen LogP contribution in [0.4, 0.5) is 0 Å². The Morgan fingerprint density at radius 3 is 2.26 bits per heavy atom. The highest BCUT2D eigenvalue weighted by Crippen LogP contribution is 2.37. The molecule has 6 nitrogen and oxygen atoms in total. The summed E-state index contributed by atoms with van der Waals surface area (Å²) in [5.41, 5.74) is 0.